The Morgan fingerprint density at radius 3 is 1.97 bits per heavy atom. The van der Waals surface area contributed by atoms with E-state index in [0.717, 1.165) is 40.4 Å². The van der Waals surface area contributed by atoms with Crippen molar-refractivity contribution in [2.24, 2.45) is 0 Å². The van der Waals surface area contributed by atoms with Gasteiger partial charge >= 0.3 is 12.4 Å². The molecule has 4 aromatic rings. The molecule has 1 aliphatic rings. The van der Waals surface area contributed by atoms with Crippen molar-refractivity contribution >= 4 is 26.6 Å². The van der Waals surface area contributed by atoms with E-state index in [0.29, 0.717) is 48.5 Å². The Kier molecular flexibility index (Phi) is 6.88. The highest BCUT2D eigenvalue weighted by Crippen LogP contribution is 2.33. The lowest BCUT2D eigenvalue weighted by molar-refractivity contribution is -0.138. The van der Waals surface area contributed by atoms with Crippen LogP contribution in [0, 0.1) is 0 Å². The summed E-state index contributed by atoms with van der Waals surface area (Å²) < 4.78 is 107. The number of anilines is 1. The second-order valence-electron chi connectivity index (χ2n) is 9.30. The van der Waals surface area contributed by atoms with Crippen LogP contribution in [0.2, 0.25) is 0 Å². The zero-order valence-corrected chi connectivity index (χ0v) is 21.2. The molecule has 0 atom stereocenters. The van der Waals surface area contributed by atoms with Gasteiger partial charge in [-0.1, -0.05) is 24.3 Å². The van der Waals surface area contributed by atoms with E-state index in [1.54, 1.807) is 36.4 Å². The highest BCUT2D eigenvalue weighted by Gasteiger charge is 2.33. The molecule has 0 spiro atoms. The van der Waals surface area contributed by atoms with Crippen LogP contribution in [0.4, 0.5) is 32.0 Å². The van der Waals surface area contributed by atoms with Crippen LogP contribution in [0.3, 0.4) is 0 Å². The average molecular weight is 568 g/mol. The smallest absolute Gasteiger partial charge is 0.369 e. The van der Waals surface area contributed by atoms with Gasteiger partial charge in [-0.25, -0.2) is 12.4 Å². The van der Waals surface area contributed by atoms with Gasteiger partial charge in [0.1, 0.15) is 0 Å². The summed E-state index contributed by atoms with van der Waals surface area (Å²) in [6, 6.07) is 17.1. The Labute approximate surface area is 220 Å². The molecule has 1 aliphatic heterocycles. The van der Waals surface area contributed by atoms with E-state index < -0.39 is 33.5 Å². The maximum atomic E-state index is 13.6. The third-order valence-corrected chi connectivity index (χ3v) is 8.53. The first-order chi connectivity index (χ1) is 18.3. The van der Waals surface area contributed by atoms with Crippen molar-refractivity contribution in [3.63, 3.8) is 0 Å². The van der Waals surface area contributed by atoms with Crippen LogP contribution in [0.15, 0.2) is 83.8 Å². The Balaban J connectivity index is 1.40. The first-order valence-corrected chi connectivity index (χ1v) is 13.4. The van der Waals surface area contributed by atoms with Crippen molar-refractivity contribution in [3.05, 3.63) is 95.7 Å². The molecule has 12 heteroatoms. The van der Waals surface area contributed by atoms with Crippen LogP contribution < -0.4 is 4.90 Å². The summed E-state index contributed by atoms with van der Waals surface area (Å²) in [6.07, 6.45) is -9.03. The Morgan fingerprint density at radius 1 is 0.692 bits per heavy atom. The Morgan fingerprint density at radius 2 is 1.33 bits per heavy atom. The molecule has 0 N–H and O–H groups in total. The quantitative estimate of drug-likeness (QED) is 0.268. The van der Waals surface area contributed by atoms with E-state index in [9.17, 15) is 34.8 Å². The minimum atomic E-state index is -4.59. The molecule has 1 aromatic heterocycles. The Bertz CT molecular complexity index is 1590. The number of hydrogen-bond donors (Lipinski definition) is 0. The molecule has 1 saturated heterocycles. The number of benzene rings is 3. The fourth-order valence-corrected chi connectivity index (χ4v) is 6.31. The van der Waals surface area contributed by atoms with E-state index in [1.165, 1.54) is 6.07 Å². The second kappa shape index (κ2) is 9.91. The summed E-state index contributed by atoms with van der Waals surface area (Å²) in [5, 5.41) is 0.658. The standard InChI is InChI=1S/C27H23F6N3O2S/c28-26(29,30)20-8-10-24(11-9-20)39(37,38)36-23(16-19-4-1-2-7-25(19)36)18-34-12-14-35(15-13-34)22-6-3-5-21(17-22)27(31,32)33/h1-11,16-17H,12-15,18H2. The van der Waals surface area contributed by atoms with E-state index in [1.807, 2.05) is 9.80 Å². The number of nitrogens with zero attached hydrogens (tertiary/aromatic N) is 3. The third kappa shape index (κ3) is 5.48. The maximum absolute atomic E-state index is 13.6. The molecule has 0 radical (unpaired) electrons. The highest BCUT2D eigenvalue weighted by molar-refractivity contribution is 7.90. The van der Waals surface area contributed by atoms with Crippen LogP contribution >= 0.6 is 0 Å². The van der Waals surface area contributed by atoms with Crippen LogP contribution in [0.5, 0.6) is 0 Å². The molecular weight excluding hydrogens is 544 g/mol. The van der Waals surface area contributed by atoms with Crippen molar-refractivity contribution in [3.8, 4) is 0 Å². The topological polar surface area (TPSA) is 45.6 Å². The fourth-order valence-electron chi connectivity index (χ4n) is 4.77. The molecule has 5 rings (SSSR count). The minimum Gasteiger partial charge on any atom is -0.369 e. The molecule has 3 aromatic carbocycles. The number of para-hydroxylation sites is 1. The van der Waals surface area contributed by atoms with Gasteiger partial charge in [-0.3, -0.25) is 4.90 Å². The third-order valence-electron chi connectivity index (χ3n) is 6.75. The van der Waals surface area contributed by atoms with Crippen LogP contribution in [0.25, 0.3) is 10.9 Å². The maximum Gasteiger partial charge on any atom is 0.416 e. The van der Waals surface area contributed by atoms with Gasteiger partial charge < -0.3 is 4.90 Å². The monoisotopic (exact) mass is 567 g/mol. The number of aromatic nitrogens is 1. The van der Waals surface area contributed by atoms with Crippen molar-refractivity contribution in [2.45, 2.75) is 23.8 Å². The van der Waals surface area contributed by atoms with E-state index in [-0.39, 0.29) is 11.4 Å². The molecule has 1 fully saturated rings. The molecule has 0 unspecified atom stereocenters. The molecule has 2 heterocycles. The molecule has 5 nitrogen and oxygen atoms in total. The lowest BCUT2D eigenvalue weighted by Gasteiger charge is -2.36. The summed E-state index contributed by atoms with van der Waals surface area (Å²) in [4.78, 5) is 3.57. The Hall–Kier alpha value is -3.51. The zero-order valence-electron chi connectivity index (χ0n) is 20.4. The number of piperazine rings is 1. The van der Waals surface area contributed by atoms with Gasteiger partial charge in [-0.15, -0.1) is 0 Å². The van der Waals surface area contributed by atoms with Crippen LogP contribution in [0.1, 0.15) is 16.8 Å². The van der Waals surface area contributed by atoms with E-state index >= 15 is 0 Å². The average Bonchev–Trinajstić information content (AvgIpc) is 3.27. The zero-order chi connectivity index (χ0) is 28.0. The van der Waals surface area contributed by atoms with Gasteiger partial charge in [-0.05, 0) is 54.6 Å². The number of hydrogen-bond acceptors (Lipinski definition) is 4. The summed E-state index contributed by atoms with van der Waals surface area (Å²) in [5.74, 6) is 0. The number of alkyl halides is 6. The van der Waals surface area contributed by atoms with Gasteiger partial charge in [0.2, 0.25) is 0 Å². The predicted molar refractivity (Wildman–Crippen MR) is 135 cm³/mol. The predicted octanol–water partition coefficient (Wildman–Crippen LogP) is 6.24. The summed E-state index contributed by atoms with van der Waals surface area (Å²) in [5.41, 5.74) is -0.375. The molecule has 206 valence electrons. The van der Waals surface area contributed by atoms with Gasteiger partial charge in [0.25, 0.3) is 10.0 Å². The minimum absolute atomic E-state index is 0.227. The van der Waals surface area contributed by atoms with Gasteiger partial charge in [0, 0.05) is 49.5 Å². The van der Waals surface area contributed by atoms with Crippen LogP contribution in [-0.2, 0) is 28.9 Å². The number of fused-ring (bicyclic) bond motifs is 1. The molecule has 0 saturated carbocycles. The summed E-state index contributed by atoms with van der Waals surface area (Å²) >= 11 is 0. The van der Waals surface area contributed by atoms with E-state index in [2.05, 4.69) is 0 Å². The van der Waals surface area contributed by atoms with Crippen molar-refractivity contribution < 1.29 is 34.8 Å². The number of halogens is 6. The van der Waals surface area contributed by atoms with Gasteiger partial charge in [-0.2, -0.15) is 26.3 Å². The molecule has 39 heavy (non-hydrogen) atoms. The van der Waals surface area contributed by atoms with E-state index in [4.69, 9.17) is 0 Å². The summed E-state index contributed by atoms with van der Waals surface area (Å²) in [6.45, 7) is 2.04. The lowest BCUT2D eigenvalue weighted by atomic mass is 10.1. The fraction of sp³-hybridized carbons (Fsp3) is 0.259. The lowest BCUT2D eigenvalue weighted by Crippen LogP contribution is -2.46. The molecule has 0 bridgehead atoms. The number of rotatable bonds is 5. The first-order valence-electron chi connectivity index (χ1n) is 12.0. The largest absolute Gasteiger partial charge is 0.416 e. The second-order valence-corrected chi connectivity index (χ2v) is 11.1. The summed E-state index contributed by atoms with van der Waals surface area (Å²) in [7, 11) is -4.23. The van der Waals surface area contributed by atoms with Gasteiger partial charge in [0.05, 0.1) is 21.5 Å². The van der Waals surface area contributed by atoms with Crippen molar-refractivity contribution in [1.29, 1.82) is 0 Å². The first kappa shape index (κ1) is 27.1. The molecule has 0 aliphatic carbocycles. The molecule has 0 amide bonds. The SMILES string of the molecule is O=S(=O)(c1ccc(C(F)(F)F)cc1)n1c(CN2CCN(c3cccc(C(F)(F)F)c3)CC2)cc2ccccc21. The van der Waals surface area contributed by atoms with Crippen molar-refractivity contribution in [2.75, 3.05) is 31.1 Å². The van der Waals surface area contributed by atoms with Crippen LogP contribution in [-0.4, -0.2) is 43.5 Å². The highest BCUT2D eigenvalue weighted by atomic mass is 32.2. The normalized spacial score (nSPS) is 15.7. The molecular formula is C27H23F6N3O2S. The van der Waals surface area contributed by atoms with Crippen molar-refractivity contribution in [1.82, 2.24) is 8.87 Å². The van der Waals surface area contributed by atoms with Gasteiger partial charge in [0.15, 0.2) is 0 Å².